The number of carbonyl (C=O) groups excluding carboxylic acids is 1. The number of carbonyl (C=O) groups is 1. The van der Waals surface area contributed by atoms with E-state index in [2.05, 4.69) is 17.1 Å². The molecule has 3 heteroatoms. The Labute approximate surface area is 93.2 Å². The summed E-state index contributed by atoms with van der Waals surface area (Å²) < 4.78 is 0. The maximum Gasteiger partial charge on any atom is 0.221 e. The van der Waals surface area contributed by atoms with Gasteiger partial charge in [0, 0.05) is 19.5 Å². The molecule has 1 rings (SSSR count). The van der Waals surface area contributed by atoms with E-state index in [1.165, 1.54) is 38.8 Å². The van der Waals surface area contributed by atoms with Crippen LogP contribution in [0.3, 0.4) is 0 Å². The minimum atomic E-state index is 0.209. The van der Waals surface area contributed by atoms with E-state index in [0.717, 1.165) is 19.5 Å². The third-order valence-corrected chi connectivity index (χ3v) is 2.93. The van der Waals surface area contributed by atoms with Crippen LogP contribution in [0.5, 0.6) is 0 Å². The minimum Gasteiger partial charge on any atom is -0.356 e. The summed E-state index contributed by atoms with van der Waals surface area (Å²) in [5.74, 6) is 0.209. The van der Waals surface area contributed by atoms with Crippen molar-refractivity contribution in [3.63, 3.8) is 0 Å². The summed E-state index contributed by atoms with van der Waals surface area (Å²) in [4.78, 5) is 13.8. The molecule has 0 aromatic rings. The van der Waals surface area contributed by atoms with Crippen molar-refractivity contribution in [3.8, 4) is 0 Å². The van der Waals surface area contributed by atoms with Gasteiger partial charge in [-0.25, -0.2) is 0 Å². The first-order valence-corrected chi connectivity index (χ1v) is 6.32. The highest BCUT2D eigenvalue weighted by atomic mass is 16.1. The molecule has 0 spiro atoms. The highest BCUT2D eigenvalue weighted by molar-refractivity contribution is 5.75. The van der Waals surface area contributed by atoms with E-state index in [4.69, 9.17) is 0 Å². The van der Waals surface area contributed by atoms with Gasteiger partial charge < -0.3 is 10.2 Å². The number of amides is 1. The molecule has 1 heterocycles. The Balaban J connectivity index is 2.09. The predicted molar refractivity (Wildman–Crippen MR) is 62.8 cm³/mol. The molecule has 1 aliphatic heterocycles. The first kappa shape index (κ1) is 12.5. The molecule has 1 amide bonds. The summed E-state index contributed by atoms with van der Waals surface area (Å²) in [6.45, 7) is 6.20. The van der Waals surface area contributed by atoms with Gasteiger partial charge in [-0.05, 0) is 32.4 Å². The fourth-order valence-electron chi connectivity index (χ4n) is 1.97. The number of nitrogens with zero attached hydrogens (tertiary/aromatic N) is 1. The maximum absolute atomic E-state index is 11.4. The van der Waals surface area contributed by atoms with Gasteiger partial charge in [-0.2, -0.15) is 0 Å². The number of hydrogen-bond donors (Lipinski definition) is 1. The van der Waals surface area contributed by atoms with Crippen molar-refractivity contribution in [2.45, 2.75) is 45.4 Å². The zero-order valence-corrected chi connectivity index (χ0v) is 9.93. The maximum atomic E-state index is 11.4. The zero-order chi connectivity index (χ0) is 10.9. The van der Waals surface area contributed by atoms with Crippen molar-refractivity contribution in [2.75, 3.05) is 26.2 Å². The lowest BCUT2D eigenvalue weighted by atomic mass is 10.2. The van der Waals surface area contributed by atoms with Crippen molar-refractivity contribution in [2.24, 2.45) is 0 Å². The van der Waals surface area contributed by atoms with E-state index < -0.39 is 0 Å². The molecule has 0 aromatic heterocycles. The Bertz CT molecular complexity index is 174. The van der Waals surface area contributed by atoms with E-state index in [1.807, 2.05) is 0 Å². The summed E-state index contributed by atoms with van der Waals surface area (Å²) in [7, 11) is 0. The minimum absolute atomic E-state index is 0.209. The van der Waals surface area contributed by atoms with Gasteiger partial charge in [0.05, 0.1) is 0 Å². The standard InChI is InChI=1S/C12H24N2O/c1-2-8-13-12(15)7-11-14-9-5-3-4-6-10-14/h2-11H2,1H3,(H,13,15). The molecule has 0 saturated carbocycles. The average Bonchev–Trinajstić information content (AvgIpc) is 2.51. The fraction of sp³-hybridized carbons (Fsp3) is 0.917. The Morgan fingerprint density at radius 1 is 1.20 bits per heavy atom. The number of rotatable bonds is 5. The van der Waals surface area contributed by atoms with E-state index >= 15 is 0 Å². The number of likely N-dealkylation sites (tertiary alicyclic amines) is 1. The highest BCUT2D eigenvalue weighted by Crippen LogP contribution is 2.09. The van der Waals surface area contributed by atoms with Gasteiger partial charge in [-0.1, -0.05) is 19.8 Å². The smallest absolute Gasteiger partial charge is 0.221 e. The largest absolute Gasteiger partial charge is 0.356 e. The van der Waals surface area contributed by atoms with Gasteiger partial charge >= 0.3 is 0 Å². The second kappa shape index (κ2) is 7.69. The summed E-state index contributed by atoms with van der Waals surface area (Å²) in [6.07, 6.45) is 7.01. The normalized spacial score (nSPS) is 18.5. The SMILES string of the molecule is CCCNC(=O)CCN1CCCCCC1. The molecule has 3 nitrogen and oxygen atoms in total. The molecule has 0 bridgehead atoms. The lowest BCUT2D eigenvalue weighted by Gasteiger charge is -2.19. The van der Waals surface area contributed by atoms with Crippen LogP contribution < -0.4 is 5.32 Å². The molecular formula is C12H24N2O. The molecule has 0 unspecified atom stereocenters. The average molecular weight is 212 g/mol. The molecule has 15 heavy (non-hydrogen) atoms. The van der Waals surface area contributed by atoms with E-state index in [1.54, 1.807) is 0 Å². The summed E-state index contributed by atoms with van der Waals surface area (Å²) in [6, 6.07) is 0. The Kier molecular flexibility index (Phi) is 6.41. The first-order valence-electron chi connectivity index (χ1n) is 6.32. The molecule has 1 fully saturated rings. The van der Waals surface area contributed by atoms with Crippen LogP contribution in [-0.4, -0.2) is 37.0 Å². The van der Waals surface area contributed by atoms with Gasteiger partial charge in [-0.3, -0.25) is 4.79 Å². The van der Waals surface area contributed by atoms with Crippen molar-refractivity contribution >= 4 is 5.91 Å². The molecule has 0 atom stereocenters. The van der Waals surface area contributed by atoms with Gasteiger partial charge in [-0.15, -0.1) is 0 Å². The molecule has 0 aliphatic carbocycles. The molecular weight excluding hydrogens is 188 g/mol. The Hall–Kier alpha value is -0.570. The van der Waals surface area contributed by atoms with E-state index in [-0.39, 0.29) is 5.91 Å². The van der Waals surface area contributed by atoms with Crippen LogP contribution in [0.2, 0.25) is 0 Å². The molecule has 1 aliphatic rings. The highest BCUT2D eigenvalue weighted by Gasteiger charge is 2.10. The summed E-state index contributed by atoms with van der Waals surface area (Å²) in [5, 5.41) is 2.92. The van der Waals surface area contributed by atoms with Crippen LogP contribution >= 0.6 is 0 Å². The van der Waals surface area contributed by atoms with Crippen LogP contribution in [0.4, 0.5) is 0 Å². The summed E-state index contributed by atoms with van der Waals surface area (Å²) >= 11 is 0. The fourth-order valence-corrected chi connectivity index (χ4v) is 1.97. The molecule has 1 N–H and O–H groups in total. The quantitative estimate of drug-likeness (QED) is 0.753. The van der Waals surface area contributed by atoms with Crippen LogP contribution in [0, 0.1) is 0 Å². The Morgan fingerprint density at radius 3 is 2.47 bits per heavy atom. The molecule has 1 saturated heterocycles. The zero-order valence-electron chi connectivity index (χ0n) is 9.93. The van der Waals surface area contributed by atoms with Crippen LogP contribution in [0.1, 0.15) is 45.4 Å². The Morgan fingerprint density at radius 2 is 1.87 bits per heavy atom. The second-order valence-corrected chi connectivity index (χ2v) is 4.36. The third kappa shape index (κ3) is 5.78. The lowest BCUT2D eigenvalue weighted by molar-refractivity contribution is -0.121. The van der Waals surface area contributed by atoms with Crippen LogP contribution in [-0.2, 0) is 4.79 Å². The lowest BCUT2D eigenvalue weighted by Crippen LogP contribution is -2.31. The van der Waals surface area contributed by atoms with E-state index in [0.29, 0.717) is 6.42 Å². The molecule has 88 valence electrons. The van der Waals surface area contributed by atoms with Crippen molar-refractivity contribution in [1.82, 2.24) is 10.2 Å². The third-order valence-electron chi connectivity index (χ3n) is 2.93. The van der Waals surface area contributed by atoms with Gasteiger partial charge in [0.1, 0.15) is 0 Å². The molecule has 0 aromatic carbocycles. The van der Waals surface area contributed by atoms with Crippen LogP contribution in [0.15, 0.2) is 0 Å². The molecule has 0 radical (unpaired) electrons. The van der Waals surface area contributed by atoms with Crippen molar-refractivity contribution < 1.29 is 4.79 Å². The topological polar surface area (TPSA) is 32.3 Å². The summed E-state index contributed by atoms with van der Waals surface area (Å²) in [5.41, 5.74) is 0. The number of nitrogens with one attached hydrogen (secondary N) is 1. The van der Waals surface area contributed by atoms with Crippen LogP contribution in [0.25, 0.3) is 0 Å². The van der Waals surface area contributed by atoms with E-state index in [9.17, 15) is 4.79 Å². The number of hydrogen-bond acceptors (Lipinski definition) is 2. The van der Waals surface area contributed by atoms with Crippen molar-refractivity contribution in [3.05, 3.63) is 0 Å². The van der Waals surface area contributed by atoms with Crippen molar-refractivity contribution in [1.29, 1.82) is 0 Å². The monoisotopic (exact) mass is 212 g/mol. The van der Waals surface area contributed by atoms with Gasteiger partial charge in [0.15, 0.2) is 0 Å². The first-order chi connectivity index (χ1) is 7.33. The van der Waals surface area contributed by atoms with Gasteiger partial charge in [0.25, 0.3) is 0 Å². The van der Waals surface area contributed by atoms with Gasteiger partial charge in [0.2, 0.25) is 5.91 Å². The predicted octanol–water partition coefficient (Wildman–Crippen LogP) is 1.78. The second-order valence-electron chi connectivity index (χ2n) is 4.36.